The van der Waals surface area contributed by atoms with Crippen molar-refractivity contribution in [3.63, 3.8) is 0 Å². The monoisotopic (exact) mass is 1620 g/mol. The van der Waals surface area contributed by atoms with Crippen LogP contribution in [0.15, 0.2) is 109 Å². The number of alkyl carbamates (subject to hydrolysis) is 2. The quantitative estimate of drug-likeness (QED) is 0.0889. The fourth-order valence-electron chi connectivity index (χ4n) is 16.3. The Hall–Kier alpha value is -10.1. The van der Waals surface area contributed by atoms with Crippen LogP contribution in [0.25, 0.3) is 44.6 Å². The Morgan fingerprint density at radius 2 is 0.904 bits per heavy atom. The third-order valence-corrected chi connectivity index (χ3v) is 26.7. The molecule has 0 spiro atoms. The summed E-state index contributed by atoms with van der Waals surface area (Å²) < 4.78 is 150. The molecule has 2 aromatic heterocycles. The summed E-state index contributed by atoms with van der Waals surface area (Å²) in [5, 5.41) is 3.66. The minimum Gasteiger partial charge on any atom is -0.487 e. The van der Waals surface area contributed by atoms with Crippen LogP contribution < -0.4 is 39.0 Å². The second kappa shape index (κ2) is 32.3. The summed E-state index contributed by atoms with van der Waals surface area (Å²) >= 11 is 0. The number of hydrogen-bond donors (Lipinski definition) is 4. The van der Waals surface area contributed by atoms with E-state index in [9.17, 15) is 55.2 Å². The number of allylic oxidation sites excluding steroid dienone is 2. The molecule has 8 heterocycles. The molecule has 6 amide bonds. The number of alkyl halides is 4. The van der Waals surface area contributed by atoms with Crippen LogP contribution in [0, 0.1) is 22.7 Å². The van der Waals surface area contributed by atoms with Gasteiger partial charge in [-0.25, -0.2) is 46.4 Å². The molecule has 0 radical (unpaired) electrons. The number of carbonyl (C=O) groups is 8. The molecule has 3 saturated heterocycles. The Bertz CT molecular complexity index is 5040. The van der Waals surface area contributed by atoms with Gasteiger partial charge in [0.25, 0.3) is 0 Å². The van der Waals surface area contributed by atoms with Crippen molar-refractivity contribution in [2.24, 2.45) is 22.7 Å². The molecule has 4 saturated carbocycles. The van der Waals surface area contributed by atoms with Crippen molar-refractivity contribution in [1.82, 2.24) is 49.8 Å². The standard InChI is InChI=1S/C40H45F2N5O9S.C40H43F2N5O9S/c2*41-40(42)22-54-26-11-8-9-24(17-26)34-35(44-30-13-7-6-12-29(30)43-34)56-27-18-32-33(48)20-39(37(50)46-57(52,53)28-15-16-28)19-25(39)10-4-2-1-3-5-14-31(36(49)47(32)21-27)45-38(51)55-23-40/h6-9,11-13,17,25,27-28,31-32H,1-5,10,14-16,18-23H2,(H,45,51)(H,46,50);4,6-13,17,25,27-28,31-32H,1-3,5,14-16,18-23H2,(H,45,51)(H,46,50)/b;10-4-/t2*25-,27-,31+,32+,39-/m11/s1. The zero-order valence-electron chi connectivity index (χ0n) is 62.3. The van der Waals surface area contributed by atoms with Gasteiger partial charge in [-0.05, 0) is 131 Å². The van der Waals surface area contributed by atoms with E-state index in [1.807, 2.05) is 12.2 Å². The van der Waals surface area contributed by atoms with Crippen LogP contribution in [-0.4, -0.2) is 192 Å². The van der Waals surface area contributed by atoms with Crippen LogP contribution in [0.4, 0.5) is 27.2 Å². The van der Waals surface area contributed by atoms with Crippen LogP contribution in [0.3, 0.4) is 0 Å². The van der Waals surface area contributed by atoms with Crippen molar-refractivity contribution in [3.05, 3.63) is 109 Å². The van der Waals surface area contributed by atoms with E-state index in [0.29, 0.717) is 110 Å². The Kier molecular flexibility index (Phi) is 22.4. The van der Waals surface area contributed by atoms with Gasteiger partial charge in [-0.15, -0.1) is 0 Å². The summed E-state index contributed by atoms with van der Waals surface area (Å²) in [6.45, 7) is -5.10. The number of nitrogens with zero attached hydrogens (tertiary/aromatic N) is 6. The SMILES string of the molecule is O=C1N[C@H]2CCCCC/C=C\[C@@H]3C[C@@]3(C(=O)NS(=O)(=O)C3CC3)CC(=O)[C@@H]3C[C@H](CN3C2=O)Oc2nc3ccccc3nc2-c2cccc(c2)OCC(F)(F)CO1.O=C1N[C@H]2CCCCCCC[C@@H]3C[C@@]3(C(=O)NS(=O)(=O)C3CC3)CC(=O)[C@@H]3C[C@H](CN3C2=O)Oc2nc3ccccc3nc2-c2cccc(c2)OCC(F)(F)CO1. The average molecular weight is 1620 g/mol. The molecule has 4 aromatic carbocycles. The number of carbonyl (C=O) groups excluding carboxylic acids is 8. The number of ether oxygens (including phenoxy) is 6. The molecule has 7 fully saturated rings. The summed E-state index contributed by atoms with van der Waals surface area (Å²) in [5.74, 6) is -11.1. The number of nitrogens with one attached hydrogen (secondary N) is 4. The number of aromatic nitrogens is 4. The van der Waals surface area contributed by atoms with Gasteiger partial charge >= 0.3 is 24.0 Å². The normalized spacial score (nSPS) is 28.6. The third kappa shape index (κ3) is 18.0. The number of para-hydroxylation sites is 4. The molecule has 4 aliphatic carbocycles. The van der Waals surface area contributed by atoms with Crippen molar-refractivity contribution in [3.8, 4) is 45.8 Å². The first-order valence-corrected chi connectivity index (χ1v) is 42.1. The number of cyclic esters (lactones) is 2. The van der Waals surface area contributed by atoms with Gasteiger partial charge in [-0.1, -0.05) is 106 Å². The van der Waals surface area contributed by atoms with Crippen molar-refractivity contribution < 1.29 is 101 Å². The highest BCUT2D eigenvalue weighted by Gasteiger charge is 2.64. The van der Waals surface area contributed by atoms with Gasteiger partial charge in [-0.3, -0.25) is 38.2 Å². The predicted octanol–water partition coefficient (Wildman–Crippen LogP) is 9.95. The first-order valence-electron chi connectivity index (χ1n) is 39.0. The molecule has 6 aliphatic heterocycles. The zero-order chi connectivity index (χ0) is 79.9. The number of halogens is 4. The van der Waals surface area contributed by atoms with E-state index in [-0.39, 0.29) is 98.6 Å². The fraction of sp³-hybridized carbons (Fsp3) is 0.525. The Labute approximate surface area is 654 Å². The van der Waals surface area contributed by atoms with Crippen LogP contribution in [-0.2, 0) is 58.3 Å². The van der Waals surface area contributed by atoms with E-state index in [1.165, 1.54) is 34.1 Å². The van der Waals surface area contributed by atoms with Gasteiger partial charge < -0.3 is 48.9 Å². The number of rotatable bonds is 6. The van der Waals surface area contributed by atoms with E-state index in [4.69, 9.17) is 48.4 Å². The van der Waals surface area contributed by atoms with Gasteiger partial charge in [0.15, 0.2) is 38.0 Å². The maximum Gasteiger partial charge on any atom is 0.408 e. The van der Waals surface area contributed by atoms with Gasteiger partial charge in [-0.2, -0.15) is 17.6 Å². The number of Topliss-reactive ketones (excluding diaryl/α,β-unsaturated/α-hetero) is 2. The van der Waals surface area contributed by atoms with E-state index >= 15 is 17.6 Å². The molecule has 0 unspecified atom stereocenters. The highest BCUT2D eigenvalue weighted by atomic mass is 32.2. The number of fused-ring (bicyclic) bond motifs is 16. The van der Waals surface area contributed by atoms with Gasteiger partial charge in [0.1, 0.15) is 47.2 Å². The van der Waals surface area contributed by atoms with Crippen molar-refractivity contribution in [2.45, 2.75) is 200 Å². The molecule has 606 valence electrons. The first kappa shape index (κ1) is 79.1. The minimum atomic E-state index is -3.91. The second-order valence-electron chi connectivity index (χ2n) is 31.7. The van der Waals surface area contributed by atoms with Crippen LogP contribution in [0.5, 0.6) is 23.3 Å². The Balaban J connectivity index is 0.000000180. The summed E-state index contributed by atoms with van der Waals surface area (Å²) in [5.41, 5.74) is 0.877. The summed E-state index contributed by atoms with van der Waals surface area (Å²) in [7, 11) is -7.80. The molecule has 34 heteroatoms. The molecular weight excluding hydrogens is 1530 g/mol. The average Bonchev–Trinajstić information content (AvgIpc) is 1.58. The molecule has 6 aromatic rings. The third-order valence-electron chi connectivity index (χ3n) is 23.0. The maximum atomic E-state index is 15.0. The molecule has 10 atom stereocenters. The Morgan fingerprint density at radius 1 is 0.482 bits per heavy atom. The van der Waals surface area contributed by atoms with Crippen LogP contribution in [0.2, 0.25) is 0 Å². The van der Waals surface area contributed by atoms with Gasteiger partial charge in [0, 0.05) is 36.8 Å². The number of ketones is 2. The summed E-state index contributed by atoms with van der Waals surface area (Å²) in [4.78, 5) is 134. The van der Waals surface area contributed by atoms with E-state index in [2.05, 4.69) is 20.1 Å². The highest BCUT2D eigenvalue weighted by Crippen LogP contribution is 2.60. The van der Waals surface area contributed by atoms with Gasteiger partial charge in [0.2, 0.25) is 55.4 Å². The lowest BCUT2D eigenvalue weighted by atomic mass is 9.90. The van der Waals surface area contributed by atoms with E-state index in [1.54, 1.807) is 72.8 Å². The lowest BCUT2D eigenvalue weighted by Gasteiger charge is -2.29. The molecule has 114 heavy (non-hydrogen) atoms. The van der Waals surface area contributed by atoms with Crippen molar-refractivity contribution in [1.29, 1.82) is 0 Å². The lowest BCUT2D eigenvalue weighted by molar-refractivity contribution is -0.141. The molecule has 28 nitrogen and oxygen atoms in total. The molecule has 10 aliphatic rings. The lowest BCUT2D eigenvalue weighted by Crippen LogP contribution is -2.52. The predicted molar refractivity (Wildman–Crippen MR) is 401 cm³/mol. The summed E-state index contributed by atoms with van der Waals surface area (Å²) in [6, 6.07) is 22.0. The minimum absolute atomic E-state index is 0.00615. The topological polar surface area (TPSA) is 366 Å². The van der Waals surface area contributed by atoms with E-state index < -0.39 is 169 Å². The smallest absolute Gasteiger partial charge is 0.408 e. The maximum absolute atomic E-state index is 15.0. The molecular formula is C80H88F4N10O18S2. The number of amides is 6. The van der Waals surface area contributed by atoms with Crippen molar-refractivity contribution in [2.75, 3.05) is 39.5 Å². The fourth-order valence-corrected chi connectivity index (χ4v) is 19.0. The molecule has 16 rings (SSSR count). The Morgan fingerprint density at radius 3 is 1.38 bits per heavy atom. The van der Waals surface area contributed by atoms with Crippen molar-refractivity contribution >= 4 is 89.5 Å². The molecule has 4 N–H and O–H groups in total. The van der Waals surface area contributed by atoms with Crippen LogP contribution >= 0.6 is 0 Å². The number of hydrogen-bond acceptors (Lipinski definition) is 22. The van der Waals surface area contributed by atoms with Gasteiger partial charge in [0.05, 0.1) is 68.6 Å². The zero-order valence-corrected chi connectivity index (χ0v) is 64.0. The first-order chi connectivity index (χ1) is 54.6. The largest absolute Gasteiger partial charge is 0.487 e. The van der Waals surface area contributed by atoms with E-state index in [0.717, 1.165) is 19.3 Å². The number of sulfonamides is 2. The highest BCUT2D eigenvalue weighted by molar-refractivity contribution is 7.91. The number of benzene rings is 4. The summed E-state index contributed by atoms with van der Waals surface area (Å²) in [6.07, 6.45) is 8.37. The molecule has 10 bridgehead atoms. The second-order valence-corrected chi connectivity index (χ2v) is 35.6. The van der Waals surface area contributed by atoms with Crippen LogP contribution in [0.1, 0.15) is 141 Å².